The van der Waals surface area contributed by atoms with Crippen molar-refractivity contribution in [1.29, 1.82) is 0 Å². The number of nitrogens with one attached hydrogen (secondary N) is 1. The third kappa shape index (κ3) is 4.44. The number of hydrogen-bond acceptors (Lipinski definition) is 2. The number of carbonyl (C=O) groups excluding carboxylic acids is 1. The maximum Gasteiger partial charge on any atom is 0.224 e. The van der Waals surface area contributed by atoms with Crippen LogP contribution in [0.3, 0.4) is 0 Å². The fourth-order valence-electron chi connectivity index (χ4n) is 1.27. The van der Waals surface area contributed by atoms with E-state index in [0.29, 0.717) is 12.8 Å². The first-order valence-electron chi connectivity index (χ1n) is 4.79. The molecule has 0 aliphatic carbocycles. The molecule has 82 valence electrons. The predicted molar refractivity (Wildman–Crippen MR) is 63.8 cm³/mol. The Labute approximate surface area is 97.6 Å². The topological polar surface area (TPSA) is 49.3 Å². The van der Waals surface area contributed by atoms with Crippen molar-refractivity contribution in [3.63, 3.8) is 0 Å². The van der Waals surface area contributed by atoms with Crippen molar-refractivity contribution in [2.24, 2.45) is 0 Å². The van der Waals surface area contributed by atoms with Crippen molar-refractivity contribution in [2.75, 3.05) is 11.9 Å². The van der Waals surface area contributed by atoms with Crippen LogP contribution in [-0.4, -0.2) is 17.6 Å². The van der Waals surface area contributed by atoms with Gasteiger partial charge in [0.25, 0.3) is 0 Å². The van der Waals surface area contributed by atoms with Crippen molar-refractivity contribution in [2.45, 2.75) is 19.8 Å². The lowest BCUT2D eigenvalue weighted by Crippen LogP contribution is -2.11. The van der Waals surface area contributed by atoms with E-state index < -0.39 is 0 Å². The molecular formula is C11H14BrNO2. The molecule has 0 bridgehead atoms. The SMILES string of the molecule is Cc1cc(Br)cc(NC(=O)CCCO)c1. The van der Waals surface area contributed by atoms with Crippen LogP contribution in [0.15, 0.2) is 22.7 Å². The number of amides is 1. The second-order valence-electron chi connectivity index (χ2n) is 3.39. The van der Waals surface area contributed by atoms with Gasteiger partial charge in [-0.05, 0) is 37.1 Å². The third-order valence-electron chi connectivity index (χ3n) is 1.89. The number of hydrogen-bond donors (Lipinski definition) is 2. The van der Waals surface area contributed by atoms with E-state index in [-0.39, 0.29) is 12.5 Å². The maximum atomic E-state index is 11.4. The molecule has 0 spiro atoms. The molecule has 0 heterocycles. The summed E-state index contributed by atoms with van der Waals surface area (Å²) in [6, 6.07) is 5.73. The van der Waals surface area contributed by atoms with Crippen LogP contribution in [0.25, 0.3) is 0 Å². The van der Waals surface area contributed by atoms with Crippen LogP contribution in [0.2, 0.25) is 0 Å². The van der Waals surface area contributed by atoms with E-state index in [4.69, 9.17) is 5.11 Å². The highest BCUT2D eigenvalue weighted by atomic mass is 79.9. The van der Waals surface area contributed by atoms with Crippen LogP contribution in [-0.2, 0) is 4.79 Å². The molecular weight excluding hydrogens is 258 g/mol. The molecule has 3 nitrogen and oxygen atoms in total. The monoisotopic (exact) mass is 271 g/mol. The summed E-state index contributed by atoms with van der Waals surface area (Å²) in [5.41, 5.74) is 1.87. The van der Waals surface area contributed by atoms with Gasteiger partial charge in [-0.25, -0.2) is 0 Å². The molecule has 0 aromatic heterocycles. The number of aryl methyl sites for hydroxylation is 1. The lowest BCUT2D eigenvalue weighted by Gasteiger charge is -2.06. The number of anilines is 1. The molecule has 0 saturated carbocycles. The molecule has 0 radical (unpaired) electrons. The molecule has 0 fully saturated rings. The van der Waals surface area contributed by atoms with Gasteiger partial charge in [-0.2, -0.15) is 0 Å². The van der Waals surface area contributed by atoms with E-state index in [1.54, 1.807) is 0 Å². The Morgan fingerprint density at radius 2 is 2.20 bits per heavy atom. The first kappa shape index (κ1) is 12.2. The predicted octanol–water partition coefficient (Wildman–Crippen LogP) is 2.47. The zero-order chi connectivity index (χ0) is 11.3. The Bertz CT molecular complexity index is 332. The fourth-order valence-corrected chi connectivity index (χ4v) is 1.88. The van der Waals surface area contributed by atoms with E-state index >= 15 is 0 Å². The zero-order valence-corrected chi connectivity index (χ0v) is 10.2. The van der Waals surface area contributed by atoms with E-state index in [1.165, 1.54) is 0 Å². The minimum atomic E-state index is -0.0680. The second-order valence-corrected chi connectivity index (χ2v) is 4.31. The summed E-state index contributed by atoms with van der Waals surface area (Å²) < 4.78 is 0.944. The Balaban J connectivity index is 2.60. The molecule has 0 saturated heterocycles. The molecule has 4 heteroatoms. The summed E-state index contributed by atoms with van der Waals surface area (Å²) in [5.74, 6) is -0.0680. The highest BCUT2D eigenvalue weighted by Gasteiger charge is 2.02. The summed E-state index contributed by atoms with van der Waals surface area (Å²) in [7, 11) is 0. The molecule has 1 rings (SSSR count). The molecule has 1 aromatic carbocycles. The fraction of sp³-hybridized carbons (Fsp3) is 0.364. The van der Waals surface area contributed by atoms with E-state index in [9.17, 15) is 4.79 Å². The summed E-state index contributed by atoms with van der Waals surface area (Å²) >= 11 is 3.36. The second kappa shape index (κ2) is 5.88. The van der Waals surface area contributed by atoms with Gasteiger partial charge in [0.15, 0.2) is 0 Å². The van der Waals surface area contributed by atoms with Crippen molar-refractivity contribution >= 4 is 27.5 Å². The van der Waals surface area contributed by atoms with Crippen LogP contribution in [0.1, 0.15) is 18.4 Å². The quantitative estimate of drug-likeness (QED) is 0.884. The number of aliphatic hydroxyl groups excluding tert-OH is 1. The highest BCUT2D eigenvalue weighted by Crippen LogP contribution is 2.19. The maximum absolute atomic E-state index is 11.4. The van der Waals surface area contributed by atoms with Gasteiger partial charge in [0.05, 0.1) is 0 Å². The smallest absolute Gasteiger partial charge is 0.224 e. The van der Waals surface area contributed by atoms with E-state index in [1.807, 2.05) is 25.1 Å². The molecule has 0 atom stereocenters. The average Bonchev–Trinajstić information content (AvgIpc) is 2.13. The van der Waals surface area contributed by atoms with Gasteiger partial charge in [-0.3, -0.25) is 4.79 Å². The van der Waals surface area contributed by atoms with Crippen molar-refractivity contribution in [3.05, 3.63) is 28.2 Å². The number of aliphatic hydroxyl groups is 1. The zero-order valence-electron chi connectivity index (χ0n) is 8.59. The number of carbonyl (C=O) groups is 1. The lowest BCUT2D eigenvalue weighted by atomic mass is 10.2. The summed E-state index contributed by atoms with van der Waals surface area (Å²) in [4.78, 5) is 11.4. The first-order chi connectivity index (χ1) is 7.11. The number of rotatable bonds is 4. The Kier molecular flexibility index (Phi) is 4.78. The standard InChI is InChI=1S/C11H14BrNO2/c1-8-5-9(12)7-10(6-8)13-11(15)3-2-4-14/h5-7,14H,2-4H2,1H3,(H,13,15). The van der Waals surface area contributed by atoms with Gasteiger partial charge in [0, 0.05) is 23.2 Å². The van der Waals surface area contributed by atoms with Gasteiger partial charge in [-0.15, -0.1) is 0 Å². The molecule has 2 N–H and O–H groups in total. The molecule has 0 aliphatic heterocycles. The van der Waals surface area contributed by atoms with Crippen LogP contribution in [0, 0.1) is 6.92 Å². The highest BCUT2D eigenvalue weighted by molar-refractivity contribution is 9.10. The van der Waals surface area contributed by atoms with Gasteiger partial charge in [-0.1, -0.05) is 15.9 Å². The van der Waals surface area contributed by atoms with Gasteiger partial charge in [0.2, 0.25) is 5.91 Å². The van der Waals surface area contributed by atoms with Crippen molar-refractivity contribution < 1.29 is 9.90 Å². The van der Waals surface area contributed by atoms with Crippen LogP contribution in [0.5, 0.6) is 0 Å². The Morgan fingerprint density at radius 1 is 1.47 bits per heavy atom. The van der Waals surface area contributed by atoms with Crippen LogP contribution in [0.4, 0.5) is 5.69 Å². The van der Waals surface area contributed by atoms with Gasteiger partial charge >= 0.3 is 0 Å². The van der Waals surface area contributed by atoms with E-state index in [0.717, 1.165) is 15.7 Å². The minimum Gasteiger partial charge on any atom is -0.396 e. The van der Waals surface area contributed by atoms with Crippen LogP contribution < -0.4 is 5.32 Å². The largest absolute Gasteiger partial charge is 0.396 e. The van der Waals surface area contributed by atoms with Gasteiger partial charge < -0.3 is 10.4 Å². The summed E-state index contributed by atoms with van der Waals surface area (Å²) in [5, 5.41) is 11.4. The number of benzene rings is 1. The molecule has 0 aliphatic rings. The normalized spacial score (nSPS) is 10.1. The van der Waals surface area contributed by atoms with Crippen molar-refractivity contribution in [3.8, 4) is 0 Å². The molecule has 1 amide bonds. The average molecular weight is 272 g/mol. The molecule has 0 unspecified atom stereocenters. The number of halogens is 1. The Morgan fingerprint density at radius 3 is 2.80 bits per heavy atom. The van der Waals surface area contributed by atoms with Crippen LogP contribution >= 0.6 is 15.9 Å². The Hall–Kier alpha value is -0.870. The summed E-state index contributed by atoms with van der Waals surface area (Å²) in [6.45, 7) is 2.01. The molecule has 15 heavy (non-hydrogen) atoms. The first-order valence-corrected chi connectivity index (χ1v) is 5.59. The minimum absolute atomic E-state index is 0.0466. The van der Waals surface area contributed by atoms with E-state index in [2.05, 4.69) is 21.2 Å². The van der Waals surface area contributed by atoms with Crippen molar-refractivity contribution in [1.82, 2.24) is 0 Å². The van der Waals surface area contributed by atoms with Gasteiger partial charge in [0.1, 0.15) is 0 Å². The molecule has 1 aromatic rings. The summed E-state index contributed by atoms with van der Waals surface area (Å²) in [6.07, 6.45) is 0.848. The third-order valence-corrected chi connectivity index (χ3v) is 2.35. The lowest BCUT2D eigenvalue weighted by molar-refractivity contribution is -0.116.